The highest BCUT2D eigenvalue weighted by Crippen LogP contribution is 2.56. The van der Waals surface area contributed by atoms with Gasteiger partial charge >= 0.3 is 0 Å². The normalized spacial score (nSPS) is 14.1. The zero-order chi connectivity index (χ0) is 40.0. The van der Waals surface area contributed by atoms with Crippen molar-refractivity contribution in [3.8, 4) is 33.4 Å². The van der Waals surface area contributed by atoms with Crippen molar-refractivity contribution in [1.82, 2.24) is 0 Å². The van der Waals surface area contributed by atoms with Crippen LogP contribution in [0.2, 0.25) is 0 Å². The molecule has 0 spiro atoms. The summed E-state index contributed by atoms with van der Waals surface area (Å²) in [6.07, 6.45) is 0. The van der Waals surface area contributed by atoms with E-state index in [9.17, 15) is 0 Å². The lowest BCUT2D eigenvalue weighted by atomic mass is 9.63. The van der Waals surface area contributed by atoms with Gasteiger partial charge in [0.05, 0.1) is 5.41 Å². The molecule has 0 saturated carbocycles. The highest BCUT2D eigenvalue weighted by atomic mass is 16.3. The first kappa shape index (κ1) is 34.6. The van der Waals surface area contributed by atoms with Crippen LogP contribution < -0.4 is 4.90 Å². The van der Waals surface area contributed by atoms with Crippen molar-refractivity contribution in [2.75, 3.05) is 4.90 Å². The minimum Gasteiger partial charge on any atom is -0.456 e. The fourth-order valence-corrected chi connectivity index (χ4v) is 10.7. The third-order valence-corrected chi connectivity index (χ3v) is 13.4. The van der Waals surface area contributed by atoms with Gasteiger partial charge in [-0.25, -0.2) is 0 Å². The molecular formula is C58H41NO. The van der Waals surface area contributed by atoms with Gasteiger partial charge in [0, 0.05) is 33.2 Å². The van der Waals surface area contributed by atoms with Crippen LogP contribution in [0.15, 0.2) is 217 Å². The Hall–Kier alpha value is -7.42. The first-order chi connectivity index (χ1) is 29.5. The Bertz CT molecular complexity index is 3230. The molecule has 0 N–H and O–H groups in total. The summed E-state index contributed by atoms with van der Waals surface area (Å²) < 4.78 is 6.33. The fraction of sp³-hybridized carbons (Fsp3) is 0.0690. The van der Waals surface area contributed by atoms with Crippen molar-refractivity contribution in [3.63, 3.8) is 0 Å². The summed E-state index contributed by atoms with van der Waals surface area (Å²) in [7, 11) is 0. The summed E-state index contributed by atoms with van der Waals surface area (Å²) in [6, 6.07) is 78.3. The maximum Gasteiger partial charge on any atom is 0.135 e. The number of fused-ring (bicyclic) bond motifs is 11. The zero-order valence-electron chi connectivity index (χ0n) is 33.6. The molecule has 1 heterocycles. The van der Waals surface area contributed by atoms with Gasteiger partial charge in [-0.15, -0.1) is 0 Å². The molecule has 0 atom stereocenters. The average Bonchev–Trinajstić information content (AvgIpc) is 3.75. The van der Waals surface area contributed by atoms with Gasteiger partial charge in [0.1, 0.15) is 11.2 Å². The summed E-state index contributed by atoms with van der Waals surface area (Å²) >= 11 is 0. The van der Waals surface area contributed by atoms with Gasteiger partial charge in [0.15, 0.2) is 0 Å². The molecule has 9 aromatic carbocycles. The molecule has 60 heavy (non-hydrogen) atoms. The maximum absolute atomic E-state index is 6.33. The van der Waals surface area contributed by atoms with Crippen LogP contribution in [-0.4, -0.2) is 0 Å². The second-order valence-corrected chi connectivity index (χ2v) is 16.8. The Labute approximate surface area is 350 Å². The number of rotatable bonds is 5. The minimum absolute atomic E-state index is 0.137. The number of anilines is 3. The van der Waals surface area contributed by atoms with Crippen LogP contribution >= 0.6 is 0 Å². The molecule has 0 bridgehead atoms. The number of para-hydroxylation sites is 1. The van der Waals surface area contributed by atoms with Crippen LogP contribution in [0, 0.1) is 0 Å². The first-order valence-corrected chi connectivity index (χ1v) is 20.9. The predicted molar refractivity (Wildman–Crippen MR) is 249 cm³/mol. The van der Waals surface area contributed by atoms with E-state index in [-0.39, 0.29) is 5.41 Å². The number of benzene rings is 9. The van der Waals surface area contributed by atoms with E-state index in [1.54, 1.807) is 0 Å². The van der Waals surface area contributed by atoms with Gasteiger partial charge in [-0.1, -0.05) is 178 Å². The van der Waals surface area contributed by atoms with Crippen molar-refractivity contribution in [2.45, 2.75) is 24.7 Å². The highest BCUT2D eigenvalue weighted by Gasteiger charge is 2.44. The van der Waals surface area contributed by atoms with Crippen molar-refractivity contribution >= 4 is 39.0 Å². The number of nitrogens with zero attached hydrogens (tertiary/aromatic N) is 1. The van der Waals surface area contributed by atoms with Crippen LogP contribution in [0.3, 0.4) is 0 Å². The van der Waals surface area contributed by atoms with Gasteiger partial charge in [0.2, 0.25) is 0 Å². The standard InChI is InChI=1S/C58H41NO/c1-57(2)51-24-12-8-22-47(51)48-34-32-42(37-54(48)57)59(41-33-35-56-50(36-41)49-23-11-15-27-55(49)60-56)40-30-28-39(29-31-40)58(38-16-4-3-5-17-38)52-25-13-9-20-45(52)43-18-6-7-19-44(43)46-21-10-14-26-53(46)58/h3-37H,1-2H3. The van der Waals surface area contributed by atoms with E-state index in [1.807, 2.05) is 6.07 Å². The van der Waals surface area contributed by atoms with Gasteiger partial charge in [0.25, 0.3) is 0 Å². The fourth-order valence-electron chi connectivity index (χ4n) is 10.7. The molecule has 0 unspecified atom stereocenters. The SMILES string of the molecule is CC1(C)c2ccccc2-c2ccc(N(c3ccc(C4(c5ccccc5)c5ccccc5-c5ccccc5-c5ccccc54)cc3)c3ccc4oc5ccccc5c4c3)cc21. The Morgan fingerprint density at radius 2 is 0.800 bits per heavy atom. The summed E-state index contributed by atoms with van der Waals surface area (Å²) in [5.74, 6) is 0. The molecule has 2 heteroatoms. The predicted octanol–water partition coefficient (Wildman–Crippen LogP) is 15.4. The minimum atomic E-state index is -0.602. The molecule has 2 aliphatic carbocycles. The van der Waals surface area contributed by atoms with E-state index in [2.05, 4.69) is 225 Å². The largest absolute Gasteiger partial charge is 0.456 e. The van der Waals surface area contributed by atoms with Crippen LogP contribution in [0.1, 0.15) is 47.2 Å². The van der Waals surface area contributed by atoms with Crippen LogP contribution in [0.4, 0.5) is 17.1 Å². The smallest absolute Gasteiger partial charge is 0.135 e. The molecule has 10 aromatic rings. The molecule has 0 radical (unpaired) electrons. The Morgan fingerprint density at radius 3 is 1.48 bits per heavy atom. The third kappa shape index (κ3) is 4.88. The lowest BCUT2D eigenvalue weighted by molar-refractivity contribution is 0.660. The summed E-state index contributed by atoms with van der Waals surface area (Å²) in [6.45, 7) is 4.71. The maximum atomic E-state index is 6.33. The van der Waals surface area contributed by atoms with E-state index in [1.165, 1.54) is 66.8 Å². The topological polar surface area (TPSA) is 16.4 Å². The Morgan fingerprint density at radius 1 is 0.333 bits per heavy atom. The second kappa shape index (κ2) is 13.0. The molecule has 0 amide bonds. The number of hydrogen-bond donors (Lipinski definition) is 0. The van der Waals surface area contributed by atoms with E-state index in [0.717, 1.165) is 39.0 Å². The summed E-state index contributed by atoms with van der Waals surface area (Å²) in [5.41, 5.74) is 19.7. The first-order valence-electron chi connectivity index (χ1n) is 20.9. The van der Waals surface area contributed by atoms with E-state index >= 15 is 0 Å². The van der Waals surface area contributed by atoms with Gasteiger partial charge in [-0.3, -0.25) is 0 Å². The Kier molecular flexibility index (Phi) is 7.52. The zero-order valence-corrected chi connectivity index (χ0v) is 33.6. The molecule has 2 nitrogen and oxygen atoms in total. The lowest BCUT2D eigenvalue weighted by Gasteiger charge is -2.38. The molecule has 0 fully saturated rings. The molecule has 1 aromatic heterocycles. The van der Waals surface area contributed by atoms with Crippen LogP contribution in [0.5, 0.6) is 0 Å². The van der Waals surface area contributed by atoms with Crippen LogP contribution in [0.25, 0.3) is 55.3 Å². The molecule has 0 saturated heterocycles. The van der Waals surface area contributed by atoms with Gasteiger partial charge in [-0.05, 0) is 115 Å². The molecule has 2 aliphatic rings. The van der Waals surface area contributed by atoms with E-state index < -0.39 is 5.41 Å². The molecule has 0 aliphatic heterocycles. The quantitative estimate of drug-likeness (QED) is 0.173. The number of hydrogen-bond acceptors (Lipinski definition) is 2. The molecule has 12 rings (SSSR count). The number of furan rings is 1. The van der Waals surface area contributed by atoms with Crippen molar-refractivity contribution in [3.05, 3.63) is 246 Å². The average molecular weight is 768 g/mol. The van der Waals surface area contributed by atoms with Gasteiger partial charge in [-0.2, -0.15) is 0 Å². The molecular weight excluding hydrogens is 727 g/mol. The van der Waals surface area contributed by atoms with E-state index in [0.29, 0.717) is 0 Å². The Balaban J connectivity index is 1.10. The van der Waals surface area contributed by atoms with Crippen molar-refractivity contribution in [2.24, 2.45) is 0 Å². The van der Waals surface area contributed by atoms with E-state index in [4.69, 9.17) is 4.42 Å². The monoisotopic (exact) mass is 767 g/mol. The molecule has 284 valence electrons. The van der Waals surface area contributed by atoms with Gasteiger partial charge < -0.3 is 9.32 Å². The lowest BCUT2D eigenvalue weighted by Crippen LogP contribution is -2.31. The summed E-state index contributed by atoms with van der Waals surface area (Å²) in [5, 5.41) is 2.22. The van der Waals surface area contributed by atoms with Crippen molar-refractivity contribution in [1.29, 1.82) is 0 Å². The van der Waals surface area contributed by atoms with Crippen molar-refractivity contribution < 1.29 is 4.42 Å². The van der Waals surface area contributed by atoms with Crippen LogP contribution in [-0.2, 0) is 10.8 Å². The highest BCUT2D eigenvalue weighted by molar-refractivity contribution is 6.06. The second-order valence-electron chi connectivity index (χ2n) is 16.8. The summed E-state index contributed by atoms with van der Waals surface area (Å²) in [4.78, 5) is 2.42. The third-order valence-electron chi connectivity index (χ3n) is 13.4.